The highest BCUT2D eigenvalue weighted by Gasteiger charge is 2.21. The smallest absolute Gasteiger partial charge is 0.157 e. The van der Waals surface area contributed by atoms with Crippen LogP contribution in [0.1, 0.15) is 49.8 Å². The van der Waals surface area contributed by atoms with Crippen LogP contribution in [-0.2, 0) is 13.2 Å². The largest absolute Gasteiger partial charge is 0.482 e. The van der Waals surface area contributed by atoms with Crippen LogP contribution in [0.5, 0.6) is 5.75 Å². The van der Waals surface area contributed by atoms with Gasteiger partial charge in [0, 0.05) is 24.2 Å². The highest BCUT2D eigenvalue weighted by Crippen LogP contribution is 2.22. The van der Waals surface area contributed by atoms with Crippen molar-refractivity contribution in [3.8, 4) is 5.75 Å². The van der Waals surface area contributed by atoms with Crippen LogP contribution in [0.25, 0.3) is 0 Å². The van der Waals surface area contributed by atoms with E-state index in [-0.39, 0.29) is 0 Å². The second-order valence-electron chi connectivity index (χ2n) is 5.99. The van der Waals surface area contributed by atoms with Gasteiger partial charge >= 0.3 is 0 Å². The number of hydrogen-bond acceptors (Lipinski definition) is 4. The maximum atomic E-state index is 5.75. The fourth-order valence-corrected chi connectivity index (χ4v) is 2.21. The minimum atomic E-state index is 0.341. The summed E-state index contributed by atoms with van der Waals surface area (Å²) in [5.41, 5.74) is 1.22. The molecule has 0 aromatic carbocycles. The summed E-state index contributed by atoms with van der Waals surface area (Å²) in [6.07, 6.45) is 6.25. The third kappa shape index (κ3) is 3.67. The molecule has 0 spiro atoms. The fourth-order valence-electron chi connectivity index (χ4n) is 2.21. The van der Waals surface area contributed by atoms with Gasteiger partial charge < -0.3 is 14.5 Å². The number of nitrogens with one attached hydrogen (secondary N) is 1. The lowest BCUT2D eigenvalue weighted by Crippen LogP contribution is -2.15. The van der Waals surface area contributed by atoms with Crippen LogP contribution < -0.4 is 10.1 Å². The van der Waals surface area contributed by atoms with Gasteiger partial charge in [0.15, 0.2) is 5.75 Å². The highest BCUT2D eigenvalue weighted by atomic mass is 16.5. The summed E-state index contributed by atoms with van der Waals surface area (Å²) in [5, 5.41) is 7.76. The molecule has 114 valence electrons. The first-order chi connectivity index (χ1) is 10.1. The van der Waals surface area contributed by atoms with Gasteiger partial charge in [0.05, 0.1) is 12.4 Å². The standard InChI is InChI=1S/C16H23N3O2/c1-11(2)19-9-16(8-18-19)20-10-15-6-13(12(3)21-15)7-17-14-4-5-14/h6,8-9,11,14,17H,4-5,7,10H2,1-3H3. The maximum Gasteiger partial charge on any atom is 0.157 e. The van der Waals surface area contributed by atoms with Crippen molar-refractivity contribution in [3.05, 3.63) is 35.5 Å². The summed E-state index contributed by atoms with van der Waals surface area (Å²) in [7, 11) is 0. The van der Waals surface area contributed by atoms with Crippen LogP contribution in [0.4, 0.5) is 0 Å². The molecule has 1 fully saturated rings. The summed E-state index contributed by atoms with van der Waals surface area (Å²) in [6, 6.07) is 3.13. The molecule has 0 aliphatic heterocycles. The number of furan rings is 1. The molecule has 0 saturated heterocycles. The third-order valence-electron chi connectivity index (χ3n) is 3.72. The van der Waals surface area contributed by atoms with Crippen LogP contribution in [-0.4, -0.2) is 15.8 Å². The SMILES string of the molecule is Cc1oc(COc2cnn(C(C)C)c2)cc1CNC1CC1. The lowest BCUT2D eigenvalue weighted by molar-refractivity contribution is 0.267. The second-order valence-corrected chi connectivity index (χ2v) is 5.99. The molecular formula is C16H23N3O2. The molecule has 0 amide bonds. The van der Waals surface area contributed by atoms with E-state index in [1.165, 1.54) is 18.4 Å². The average molecular weight is 289 g/mol. The van der Waals surface area contributed by atoms with Crippen molar-refractivity contribution in [2.24, 2.45) is 0 Å². The summed E-state index contributed by atoms with van der Waals surface area (Å²) >= 11 is 0. The van der Waals surface area contributed by atoms with Gasteiger partial charge in [-0.2, -0.15) is 5.10 Å². The van der Waals surface area contributed by atoms with Gasteiger partial charge in [0.25, 0.3) is 0 Å². The van der Waals surface area contributed by atoms with E-state index >= 15 is 0 Å². The van der Waals surface area contributed by atoms with Gasteiger partial charge in [-0.3, -0.25) is 4.68 Å². The number of aromatic nitrogens is 2. The van der Waals surface area contributed by atoms with Crippen molar-refractivity contribution in [1.29, 1.82) is 0 Å². The molecule has 2 aromatic rings. The van der Waals surface area contributed by atoms with Gasteiger partial charge in [-0.1, -0.05) is 0 Å². The van der Waals surface area contributed by atoms with Crippen molar-refractivity contribution < 1.29 is 9.15 Å². The average Bonchev–Trinajstić information content (AvgIpc) is 3.03. The number of aryl methyl sites for hydroxylation is 1. The van der Waals surface area contributed by atoms with Crippen LogP contribution in [0.2, 0.25) is 0 Å². The fraction of sp³-hybridized carbons (Fsp3) is 0.562. The Morgan fingerprint density at radius 2 is 2.29 bits per heavy atom. The molecule has 1 saturated carbocycles. The molecule has 21 heavy (non-hydrogen) atoms. The van der Waals surface area contributed by atoms with E-state index in [2.05, 4.69) is 30.3 Å². The number of rotatable bonds is 7. The van der Waals surface area contributed by atoms with Crippen LogP contribution >= 0.6 is 0 Å². The first-order valence-electron chi connectivity index (χ1n) is 7.60. The highest BCUT2D eigenvalue weighted by molar-refractivity contribution is 5.21. The van der Waals surface area contributed by atoms with Crippen LogP contribution in [0.15, 0.2) is 22.9 Å². The molecule has 0 radical (unpaired) electrons. The van der Waals surface area contributed by atoms with E-state index in [9.17, 15) is 0 Å². The lowest BCUT2D eigenvalue weighted by atomic mass is 10.2. The Hall–Kier alpha value is -1.75. The summed E-state index contributed by atoms with van der Waals surface area (Å²) < 4.78 is 13.4. The third-order valence-corrected chi connectivity index (χ3v) is 3.72. The molecule has 0 unspecified atom stereocenters. The Labute approximate surface area is 125 Å². The van der Waals surface area contributed by atoms with Crippen molar-refractivity contribution >= 4 is 0 Å². The van der Waals surface area contributed by atoms with E-state index in [1.807, 2.05) is 17.8 Å². The first-order valence-corrected chi connectivity index (χ1v) is 7.60. The first kappa shape index (κ1) is 14.2. The molecule has 0 bridgehead atoms. The van der Waals surface area contributed by atoms with Crippen LogP contribution in [0, 0.1) is 6.92 Å². The molecule has 1 N–H and O–H groups in total. The van der Waals surface area contributed by atoms with Gasteiger partial charge in [0.2, 0.25) is 0 Å². The predicted octanol–water partition coefficient (Wildman–Crippen LogP) is 3.20. The Balaban J connectivity index is 1.55. The Bertz CT molecular complexity index is 596. The number of ether oxygens (including phenoxy) is 1. The zero-order valence-corrected chi connectivity index (χ0v) is 12.9. The zero-order valence-electron chi connectivity index (χ0n) is 12.9. The Kier molecular flexibility index (Phi) is 4.01. The molecular weight excluding hydrogens is 266 g/mol. The summed E-state index contributed by atoms with van der Waals surface area (Å²) in [4.78, 5) is 0. The van der Waals surface area contributed by atoms with Gasteiger partial charge in [-0.05, 0) is 39.7 Å². The summed E-state index contributed by atoms with van der Waals surface area (Å²) in [6.45, 7) is 7.50. The van der Waals surface area contributed by atoms with E-state index in [0.29, 0.717) is 18.7 Å². The monoisotopic (exact) mass is 289 g/mol. The minimum absolute atomic E-state index is 0.341. The second kappa shape index (κ2) is 5.93. The molecule has 5 heteroatoms. The molecule has 1 aliphatic rings. The van der Waals surface area contributed by atoms with Crippen molar-refractivity contribution in [3.63, 3.8) is 0 Å². The molecule has 3 rings (SSSR count). The van der Waals surface area contributed by atoms with E-state index in [1.54, 1.807) is 6.20 Å². The van der Waals surface area contributed by atoms with Crippen LogP contribution in [0.3, 0.4) is 0 Å². The van der Waals surface area contributed by atoms with Crippen molar-refractivity contribution in [2.75, 3.05) is 0 Å². The van der Waals surface area contributed by atoms with Gasteiger partial charge in [-0.25, -0.2) is 0 Å². The molecule has 2 heterocycles. The normalized spacial score (nSPS) is 14.9. The Morgan fingerprint density at radius 1 is 1.48 bits per heavy atom. The quantitative estimate of drug-likeness (QED) is 0.850. The Morgan fingerprint density at radius 3 is 2.95 bits per heavy atom. The maximum absolute atomic E-state index is 5.75. The molecule has 5 nitrogen and oxygen atoms in total. The number of hydrogen-bond donors (Lipinski definition) is 1. The van der Waals surface area contributed by atoms with Gasteiger partial charge in [0.1, 0.15) is 18.1 Å². The lowest BCUT2D eigenvalue weighted by Gasteiger charge is -2.03. The van der Waals surface area contributed by atoms with E-state index in [0.717, 1.165) is 23.8 Å². The molecule has 2 aromatic heterocycles. The summed E-state index contributed by atoms with van der Waals surface area (Å²) in [5.74, 6) is 2.60. The van der Waals surface area contributed by atoms with Crippen molar-refractivity contribution in [1.82, 2.24) is 15.1 Å². The number of nitrogens with zero attached hydrogens (tertiary/aromatic N) is 2. The molecule has 0 atom stereocenters. The van der Waals surface area contributed by atoms with E-state index in [4.69, 9.17) is 9.15 Å². The minimum Gasteiger partial charge on any atom is -0.482 e. The van der Waals surface area contributed by atoms with Crippen molar-refractivity contribution in [2.45, 2.75) is 58.8 Å². The van der Waals surface area contributed by atoms with Gasteiger partial charge in [-0.15, -0.1) is 0 Å². The predicted molar refractivity (Wildman–Crippen MR) is 80.3 cm³/mol. The zero-order chi connectivity index (χ0) is 14.8. The van der Waals surface area contributed by atoms with E-state index < -0.39 is 0 Å². The molecule has 1 aliphatic carbocycles. The topological polar surface area (TPSA) is 52.2 Å².